The molecule has 0 unspecified atom stereocenters. The quantitative estimate of drug-likeness (QED) is 0.865. The molecule has 1 fully saturated rings. The van der Waals surface area contributed by atoms with Crippen LogP contribution in [0.5, 0.6) is 0 Å². The van der Waals surface area contributed by atoms with E-state index in [0.717, 1.165) is 0 Å². The number of nitrogens with zero attached hydrogens (tertiary/aromatic N) is 1. The highest BCUT2D eigenvalue weighted by atomic mass is 79.9. The molecule has 1 aromatic carbocycles. The lowest BCUT2D eigenvalue weighted by Crippen LogP contribution is -2.35. The molecule has 2 rings (SSSR count). The van der Waals surface area contributed by atoms with Gasteiger partial charge in [0, 0.05) is 29.1 Å². The van der Waals surface area contributed by atoms with Crippen LogP contribution in [-0.4, -0.2) is 28.8 Å². The number of hydrogen-bond acceptors (Lipinski definition) is 3. The molecule has 16 heavy (non-hydrogen) atoms. The molecule has 1 aromatic rings. The Morgan fingerprint density at radius 1 is 1.38 bits per heavy atom. The van der Waals surface area contributed by atoms with E-state index in [0.29, 0.717) is 29.1 Å². The van der Waals surface area contributed by atoms with Crippen molar-refractivity contribution in [2.45, 2.75) is 0 Å². The molecule has 3 nitrogen and oxygen atoms in total. The zero-order valence-corrected chi connectivity index (χ0v) is 11.0. The molecule has 0 aromatic heterocycles. The van der Waals surface area contributed by atoms with Gasteiger partial charge in [0.15, 0.2) is 5.82 Å². The summed E-state index contributed by atoms with van der Waals surface area (Å²) < 4.78 is 30.5. The topological polar surface area (TPSA) is 41.5 Å². The zero-order valence-electron chi connectivity index (χ0n) is 8.58. The van der Waals surface area contributed by atoms with Crippen molar-refractivity contribution in [2.75, 3.05) is 24.6 Å². The number of nitrogens with one attached hydrogen (secondary N) is 1. The summed E-state index contributed by atoms with van der Waals surface area (Å²) in [6.07, 6.45) is 0. The second-order valence-corrected chi connectivity index (χ2v) is 7.08. The van der Waals surface area contributed by atoms with E-state index in [2.05, 4.69) is 25.6 Å². The fourth-order valence-corrected chi connectivity index (χ4v) is 3.67. The average molecular weight is 307 g/mol. The molecule has 0 bridgehead atoms. The van der Waals surface area contributed by atoms with Crippen LogP contribution in [0.1, 0.15) is 0 Å². The molecule has 6 heteroatoms. The number of rotatable bonds is 1. The lowest BCUT2D eigenvalue weighted by atomic mass is 10.3. The van der Waals surface area contributed by atoms with Crippen molar-refractivity contribution in [1.29, 1.82) is 0 Å². The predicted molar refractivity (Wildman–Crippen MR) is 66.9 cm³/mol. The fraction of sp³-hybridized carbons (Fsp3) is 0.400. The summed E-state index contributed by atoms with van der Waals surface area (Å²) >= 11 is 3.17. The van der Waals surface area contributed by atoms with E-state index < -0.39 is 15.5 Å². The first-order valence-electron chi connectivity index (χ1n) is 4.97. The average Bonchev–Trinajstić information content (AvgIpc) is 2.23. The SMILES string of the molecule is O=S1(=Nc2ccc(Br)cc2F)CCNCC1. The Morgan fingerprint density at radius 2 is 2.06 bits per heavy atom. The molecular formula is C10H12BrFN2OS. The fourth-order valence-electron chi connectivity index (χ4n) is 1.52. The highest BCUT2D eigenvalue weighted by Gasteiger charge is 2.15. The molecule has 1 N–H and O–H groups in total. The van der Waals surface area contributed by atoms with Gasteiger partial charge in [0.05, 0.1) is 9.73 Å². The van der Waals surface area contributed by atoms with Gasteiger partial charge < -0.3 is 5.32 Å². The molecule has 0 radical (unpaired) electrons. The Kier molecular flexibility index (Phi) is 3.61. The van der Waals surface area contributed by atoms with Crippen LogP contribution in [0.25, 0.3) is 0 Å². The minimum absolute atomic E-state index is 0.190. The van der Waals surface area contributed by atoms with E-state index in [1.54, 1.807) is 12.1 Å². The molecule has 1 heterocycles. The molecule has 0 saturated carbocycles. The standard InChI is InChI=1S/C10H12BrFN2OS/c11-8-1-2-10(9(12)7-8)14-16(15)5-3-13-4-6-16/h1-2,7,13H,3-6H2. The summed E-state index contributed by atoms with van der Waals surface area (Å²) in [5, 5.41) is 3.11. The van der Waals surface area contributed by atoms with Crippen molar-refractivity contribution < 1.29 is 8.60 Å². The van der Waals surface area contributed by atoms with Crippen LogP contribution in [-0.2, 0) is 9.73 Å². The van der Waals surface area contributed by atoms with Crippen molar-refractivity contribution in [3.63, 3.8) is 0 Å². The zero-order chi connectivity index (χ0) is 11.6. The Labute approximate surface area is 103 Å². The summed E-state index contributed by atoms with van der Waals surface area (Å²) in [4.78, 5) is 0. The second kappa shape index (κ2) is 4.81. The third-order valence-electron chi connectivity index (χ3n) is 2.37. The Morgan fingerprint density at radius 3 is 2.69 bits per heavy atom. The van der Waals surface area contributed by atoms with Crippen LogP contribution in [0.4, 0.5) is 10.1 Å². The molecule has 88 valence electrons. The molecule has 0 amide bonds. The van der Waals surface area contributed by atoms with E-state index in [1.165, 1.54) is 6.07 Å². The van der Waals surface area contributed by atoms with Crippen LogP contribution >= 0.6 is 15.9 Å². The van der Waals surface area contributed by atoms with Gasteiger partial charge in [0.2, 0.25) is 0 Å². The summed E-state index contributed by atoms with van der Waals surface area (Å²) in [5.74, 6) is 0.543. The lowest BCUT2D eigenvalue weighted by Gasteiger charge is -2.16. The van der Waals surface area contributed by atoms with E-state index in [9.17, 15) is 8.60 Å². The first kappa shape index (κ1) is 12.0. The van der Waals surface area contributed by atoms with Crippen LogP contribution in [0.2, 0.25) is 0 Å². The summed E-state index contributed by atoms with van der Waals surface area (Å²) in [6.45, 7) is 1.36. The predicted octanol–water partition coefficient (Wildman–Crippen LogP) is 2.29. The van der Waals surface area contributed by atoms with Crippen molar-refractivity contribution >= 4 is 31.3 Å². The maximum absolute atomic E-state index is 13.5. The summed E-state index contributed by atoms with van der Waals surface area (Å²) in [7, 11) is -2.27. The summed E-state index contributed by atoms with van der Waals surface area (Å²) in [5.41, 5.74) is 0.190. The van der Waals surface area contributed by atoms with E-state index in [-0.39, 0.29) is 5.69 Å². The van der Waals surface area contributed by atoms with Crippen LogP contribution in [0.3, 0.4) is 0 Å². The van der Waals surface area contributed by atoms with Crippen molar-refractivity contribution in [3.05, 3.63) is 28.5 Å². The largest absolute Gasteiger partial charge is 0.315 e. The summed E-state index contributed by atoms with van der Waals surface area (Å²) in [6, 6.07) is 4.59. The smallest absolute Gasteiger partial charge is 0.150 e. The molecule has 0 aliphatic carbocycles. The van der Waals surface area contributed by atoms with Gasteiger partial charge in [-0.1, -0.05) is 15.9 Å². The highest BCUT2D eigenvalue weighted by molar-refractivity contribution is 9.10. The van der Waals surface area contributed by atoms with E-state index in [1.807, 2.05) is 0 Å². The number of halogens is 2. The lowest BCUT2D eigenvalue weighted by molar-refractivity contribution is 0.627. The monoisotopic (exact) mass is 306 g/mol. The molecular weight excluding hydrogens is 295 g/mol. The van der Waals surface area contributed by atoms with Gasteiger partial charge in [0.1, 0.15) is 5.69 Å². The maximum atomic E-state index is 13.5. The van der Waals surface area contributed by atoms with Crippen LogP contribution < -0.4 is 5.32 Å². The van der Waals surface area contributed by atoms with Gasteiger partial charge in [-0.25, -0.2) is 8.60 Å². The third kappa shape index (κ3) is 2.81. The van der Waals surface area contributed by atoms with Gasteiger partial charge in [0.25, 0.3) is 0 Å². The first-order chi connectivity index (χ1) is 7.59. The van der Waals surface area contributed by atoms with Gasteiger partial charge >= 0.3 is 0 Å². The highest BCUT2D eigenvalue weighted by Crippen LogP contribution is 2.23. The Balaban J connectivity index is 2.38. The third-order valence-corrected chi connectivity index (χ3v) is 5.08. The molecule has 1 aliphatic rings. The van der Waals surface area contributed by atoms with Crippen molar-refractivity contribution in [2.24, 2.45) is 4.36 Å². The first-order valence-corrected chi connectivity index (χ1v) is 7.62. The minimum Gasteiger partial charge on any atom is -0.315 e. The number of benzene rings is 1. The maximum Gasteiger partial charge on any atom is 0.150 e. The molecule has 1 saturated heterocycles. The van der Waals surface area contributed by atoms with Crippen molar-refractivity contribution in [3.8, 4) is 0 Å². The normalized spacial score (nSPS) is 19.4. The minimum atomic E-state index is -2.27. The van der Waals surface area contributed by atoms with E-state index in [4.69, 9.17) is 0 Å². The van der Waals surface area contributed by atoms with Gasteiger partial charge in [-0.15, -0.1) is 0 Å². The molecule has 0 spiro atoms. The van der Waals surface area contributed by atoms with Gasteiger partial charge in [-0.05, 0) is 18.2 Å². The van der Waals surface area contributed by atoms with Crippen LogP contribution in [0.15, 0.2) is 27.0 Å². The van der Waals surface area contributed by atoms with Crippen molar-refractivity contribution in [1.82, 2.24) is 5.32 Å². The molecule has 1 aliphatic heterocycles. The Hall–Kier alpha value is -0.460. The second-order valence-electron chi connectivity index (χ2n) is 3.62. The van der Waals surface area contributed by atoms with E-state index >= 15 is 0 Å². The Bertz CT molecular complexity index is 500. The van der Waals surface area contributed by atoms with Crippen LogP contribution in [0, 0.1) is 5.82 Å². The van der Waals surface area contributed by atoms with Gasteiger partial charge in [-0.3, -0.25) is 0 Å². The molecule has 0 atom stereocenters. The van der Waals surface area contributed by atoms with Gasteiger partial charge in [-0.2, -0.15) is 4.36 Å². The number of hydrogen-bond donors (Lipinski definition) is 1.